The molecule has 0 saturated heterocycles. The quantitative estimate of drug-likeness (QED) is 0.727. The standard InChI is InChI=1S/C14H27N3/c1-5-7-9-13(8-6-2)15-10-14-11(3)16-17-12(14)4/h13,15H,5-10H2,1-4H3,(H,16,17). The molecule has 1 rings (SSSR count). The minimum Gasteiger partial charge on any atom is -0.310 e. The maximum atomic E-state index is 4.24. The van der Waals surface area contributed by atoms with E-state index in [4.69, 9.17) is 0 Å². The van der Waals surface area contributed by atoms with E-state index >= 15 is 0 Å². The second kappa shape index (κ2) is 7.49. The number of unbranched alkanes of at least 4 members (excludes halogenated alkanes) is 1. The van der Waals surface area contributed by atoms with Crippen molar-refractivity contribution in [3.05, 3.63) is 17.0 Å². The van der Waals surface area contributed by atoms with E-state index in [9.17, 15) is 0 Å². The normalized spacial score (nSPS) is 12.9. The fourth-order valence-corrected chi connectivity index (χ4v) is 2.23. The highest BCUT2D eigenvalue weighted by atomic mass is 15.1. The van der Waals surface area contributed by atoms with Crippen LogP contribution in [0, 0.1) is 13.8 Å². The van der Waals surface area contributed by atoms with Crippen LogP contribution in [0.3, 0.4) is 0 Å². The summed E-state index contributed by atoms with van der Waals surface area (Å²) in [5.41, 5.74) is 3.66. The predicted octanol–water partition coefficient (Wildman–Crippen LogP) is 3.48. The van der Waals surface area contributed by atoms with E-state index < -0.39 is 0 Å². The molecule has 3 heteroatoms. The van der Waals surface area contributed by atoms with Crippen molar-refractivity contribution in [3.63, 3.8) is 0 Å². The number of nitrogens with one attached hydrogen (secondary N) is 2. The van der Waals surface area contributed by atoms with Crippen molar-refractivity contribution in [1.82, 2.24) is 15.5 Å². The number of hydrogen-bond acceptors (Lipinski definition) is 2. The molecule has 98 valence electrons. The third-order valence-electron chi connectivity index (χ3n) is 3.39. The van der Waals surface area contributed by atoms with Gasteiger partial charge in [-0.05, 0) is 26.7 Å². The minimum atomic E-state index is 0.661. The van der Waals surface area contributed by atoms with Crippen molar-refractivity contribution in [2.24, 2.45) is 0 Å². The van der Waals surface area contributed by atoms with Gasteiger partial charge in [-0.25, -0.2) is 0 Å². The van der Waals surface area contributed by atoms with Crippen LogP contribution in [-0.4, -0.2) is 16.2 Å². The second-order valence-electron chi connectivity index (χ2n) is 4.92. The lowest BCUT2D eigenvalue weighted by atomic mass is 10.0. The van der Waals surface area contributed by atoms with Crippen molar-refractivity contribution in [1.29, 1.82) is 0 Å². The summed E-state index contributed by atoms with van der Waals surface area (Å²) in [4.78, 5) is 0. The molecule has 3 nitrogen and oxygen atoms in total. The Hall–Kier alpha value is -0.830. The Morgan fingerprint density at radius 1 is 1.18 bits per heavy atom. The predicted molar refractivity (Wildman–Crippen MR) is 73.1 cm³/mol. The Kier molecular flexibility index (Phi) is 6.27. The number of aromatic amines is 1. The van der Waals surface area contributed by atoms with E-state index in [0.717, 1.165) is 12.2 Å². The van der Waals surface area contributed by atoms with Gasteiger partial charge >= 0.3 is 0 Å². The van der Waals surface area contributed by atoms with Crippen molar-refractivity contribution < 1.29 is 0 Å². The maximum Gasteiger partial charge on any atom is 0.0638 e. The molecule has 1 aromatic rings. The van der Waals surface area contributed by atoms with Crippen LogP contribution in [0.1, 0.15) is 62.9 Å². The summed E-state index contributed by atoms with van der Waals surface area (Å²) in [5.74, 6) is 0. The lowest BCUT2D eigenvalue weighted by Gasteiger charge is -2.18. The molecule has 17 heavy (non-hydrogen) atoms. The van der Waals surface area contributed by atoms with E-state index in [2.05, 4.69) is 43.2 Å². The van der Waals surface area contributed by atoms with Crippen LogP contribution in [0.15, 0.2) is 0 Å². The summed E-state index contributed by atoms with van der Waals surface area (Å²) in [6.07, 6.45) is 6.42. The van der Waals surface area contributed by atoms with E-state index in [-0.39, 0.29) is 0 Å². The summed E-state index contributed by atoms with van der Waals surface area (Å²) in [7, 11) is 0. The molecular weight excluding hydrogens is 210 g/mol. The first kappa shape index (κ1) is 14.2. The fourth-order valence-electron chi connectivity index (χ4n) is 2.23. The molecule has 0 radical (unpaired) electrons. The molecule has 1 unspecified atom stereocenters. The first-order valence-corrected chi connectivity index (χ1v) is 6.92. The molecule has 0 spiro atoms. The monoisotopic (exact) mass is 237 g/mol. The van der Waals surface area contributed by atoms with Crippen LogP contribution < -0.4 is 5.32 Å². The van der Waals surface area contributed by atoms with Gasteiger partial charge in [0.2, 0.25) is 0 Å². The number of hydrogen-bond donors (Lipinski definition) is 2. The topological polar surface area (TPSA) is 40.7 Å². The molecule has 1 aromatic heterocycles. The molecule has 1 heterocycles. The molecule has 0 amide bonds. The SMILES string of the molecule is CCCCC(CCC)NCc1c(C)n[nH]c1C. The number of H-pyrrole nitrogens is 1. The second-order valence-corrected chi connectivity index (χ2v) is 4.92. The highest BCUT2D eigenvalue weighted by molar-refractivity contribution is 5.22. The average molecular weight is 237 g/mol. The van der Waals surface area contributed by atoms with Gasteiger partial charge < -0.3 is 5.32 Å². The number of rotatable bonds is 8. The maximum absolute atomic E-state index is 4.24. The van der Waals surface area contributed by atoms with Crippen LogP contribution >= 0.6 is 0 Å². The molecule has 0 fully saturated rings. The minimum absolute atomic E-state index is 0.661. The third kappa shape index (κ3) is 4.50. The van der Waals surface area contributed by atoms with Crippen molar-refractivity contribution in [3.8, 4) is 0 Å². The molecule has 2 N–H and O–H groups in total. The average Bonchev–Trinajstić information content (AvgIpc) is 2.63. The highest BCUT2D eigenvalue weighted by Gasteiger charge is 2.10. The van der Waals surface area contributed by atoms with Crippen molar-refractivity contribution in [2.45, 2.75) is 72.4 Å². The van der Waals surface area contributed by atoms with Crippen LogP contribution in [0.5, 0.6) is 0 Å². The van der Waals surface area contributed by atoms with E-state index in [0.29, 0.717) is 6.04 Å². The zero-order chi connectivity index (χ0) is 12.7. The Labute approximate surface area is 105 Å². The summed E-state index contributed by atoms with van der Waals surface area (Å²) >= 11 is 0. The van der Waals surface area contributed by atoms with Gasteiger partial charge in [0.05, 0.1) is 5.69 Å². The van der Waals surface area contributed by atoms with E-state index in [1.54, 1.807) is 0 Å². The fraction of sp³-hybridized carbons (Fsp3) is 0.786. The number of nitrogens with zero attached hydrogens (tertiary/aromatic N) is 1. The van der Waals surface area contributed by atoms with E-state index in [1.165, 1.54) is 43.4 Å². The summed E-state index contributed by atoms with van der Waals surface area (Å²) < 4.78 is 0. The zero-order valence-electron chi connectivity index (χ0n) is 11.8. The first-order valence-electron chi connectivity index (χ1n) is 6.92. The summed E-state index contributed by atoms with van der Waals surface area (Å²) in [5, 5.41) is 11.0. The third-order valence-corrected chi connectivity index (χ3v) is 3.39. The largest absolute Gasteiger partial charge is 0.310 e. The lowest BCUT2D eigenvalue weighted by molar-refractivity contribution is 0.433. The lowest BCUT2D eigenvalue weighted by Crippen LogP contribution is -2.28. The Morgan fingerprint density at radius 2 is 1.94 bits per heavy atom. The molecule has 0 aliphatic heterocycles. The van der Waals surface area contributed by atoms with Crippen molar-refractivity contribution >= 4 is 0 Å². The number of aromatic nitrogens is 2. The molecule has 0 saturated carbocycles. The molecule has 0 aromatic carbocycles. The summed E-state index contributed by atoms with van der Waals surface area (Å²) in [6.45, 7) is 9.63. The Balaban J connectivity index is 2.45. The van der Waals surface area contributed by atoms with E-state index in [1.807, 2.05) is 0 Å². The molecule has 0 bridgehead atoms. The number of aryl methyl sites for hydroxylation is 2. The summed E-state index contributed by atoms with van der Waals surface area (Å²) in [6, 6.07) is 0.661. The van der Waals surface area contributed by atoms with Crippen LogP contribution in [0.2, 0.25) is 0 Å². The van der Waals surface area contributed by atoms with Gasteiger partial charge in [-0.1, -0.05) is 33.1 Å². The van der Waals surface area contributed by atoms with Gasteiger partial charge in [0, 0.05) is 23.8 Å². The zero-order valence-corrected chi connectivity index (χ0v) is 11.8. The smallest absolute Gasteiger partial charge is 0.0638 e. The van der Waals surface area contributed by atoms with Crippen molar-refractivity contribution in [2.75, 3.05) is 0 Å². The van der Waals surface area contributed by atoms with Crippen LogP contribution in [0.4, 0.5) is 0 Å². The van der Waals surface area contributed by atoms with Gasteiger partial charge in [-0.15, -0.1) is 0 Å². The molecule has 1 atom stereocenters. The Bertz CT molecular complexity index is 298. The molecule has 0 aliphatic rings. The Morgan fingerprint density at radius 3 is 2.47 bits per heavy atom. The molecular formula is C14H27N3. The highest BCUT2D eigenvalue weighted by Crippen LogP contribution is 2.12. The van der Waals surface area contributed by atoms with Gasteiger partial charge in [-0.3, -0.25) is 5.10 Å². The molecule has 0 aliphatic carbocycles. The van der Waals surface area contributed by atoms with Gasteiger partial charge in [0.25, 0.3) is 0 Å². The van der Waals surface area contributed by atoms with Gasteiger partial charge in [-0.2, -0.15) is 5.10 Å². The van der Waals surface area contributed by atoms with Gasteiger partial charge in [0.15, 0.2) is 0 Å². The van der Waals surface area contributed by atoms with Crippen LogP contribution in [0.25, 0.3) is 0 Å². The van der Waals surface area contributed by atoms with Crippen LogP contribution in [-0.2, 0) is 6.54 Å². The first-order chi connectivity index (χ1) is 8.19. The van der Waals surface area contributed by atoms with Gasteiger partial charge in [0.1, 0.15) is 0 Å².